The van der Waals surface area contributed by atoms with Gasteiger partial charge in [0.1, 0.15) is 5.75 Å². The fourth-order valence-corrected chi connectivity index (χ4v) is 1.58. The molecule has 0 saturated heterocycles. The number of ether oxygens (including phenoxy) is 1. The first-order chi connectivity index (χ1) is 9.70. The van der Waals surface area contributed by atoms with Crippen molar-refractivity contribution in [1.29, 1.82) is 0 Å². The third kappa shape index (κ3) is 3.35. The van der Waals surface area contributed by atoms with E-state index in [1.165, 1.54) is 6.20 Å². The van der Waals surface area contributed by atoms with E-state index in [0.717, 1.165) is 11.3 Å². The van der Waals surface area contributed by atoms with Crippen molar-refractivity contribution in [3.8, 4) is 5.75 Å². The molecular weight excluding hydrogens is 254 g/mol. The van der Waals surface area contributed by atoms with Crippen molar-refractivity contribution in [3.63, 3.8) is 0 Å². The predicted octanol–water partition coefficient (Wildman–Crippen LogP) is 2.00. The van der Waals surface area contributed by atoms with Crippen LogP contribution in [-0.2, 0) is 0 Å². The summed E-state index contributed by atoms with van der Waals surface area (Å²) >= 11 is 0. The largest absolute Gasteiger partial charge is 0.497 e. The monoisotopic (exact) mass is 269 g/mol. The van der Waals surface area contributed by atoms with E-state index in [-0.39, 0.29) is 5.91 Å². The zero-order chi connectivity index (χ0) is 14.4. The molecular formula is C15H15N3O2. The Morgan fingerprint density at radius 2 is 2.00 bits per heavy atom. The minimum atomic E-state index is -0.276. The minimum absolute atomic E-state index is 0.276. The highest BCUT2D eigenvalue weighted by atomic mass is 16.5. The van der Waals surface area contributed by atoms with Gasteiger partial charge in [-0.15, -0.1) is 0 Å². The summed E-state index contributed by atoms with van der Waals surface area (Å²) in [5, 5.41) is 0. The van der Waals surface area contributed by atoms with Gasteiger partial charge < -0.3 is 4.74 Å². The lowest BCUT2D eigenvalue weighted by molar-refractivity contribution is 0.0942. The molecule has 1 aromatic carbocycles. The number of hydrazine groups is 1. The number of methoxy groups -OCH3 is 1. The Bertz CT molecular complexity index is 612. The van der Waals surface area contributed by atoms with Crippen LogP contribution in [-0.4, -0.2) is 18.0 Å². The summed E-state index contributed by atoms with van der Waals surface area (Å²) in [6.07, 6.45) is 3.10. The second-order valence-corrected chi connectivity index (χ2v) is 4.03. The number of aromatic nitrogens is 1. The first-order valence-electron chi connectivity index (χ1n) is 6.00. The predicted molar refractivity (Wildman–Crippen MR) is 76.9 cm³/mol. The normalized spacial score (nSPS) is 9.65. The molecule has 0 aliphatic heterocycles. The van der Waals surface area contributed by atoms with Crippen molar-refractivity contribution >= 4 is 11.6 Å². The van der Waals surface area contributed by atoms with Crippen molar-refractivity contribution in [2.75, 3.05) is 7.11 Å². The maximum absolute atomic E-state index is 11.8. The van der Waals surface area contributed by atoms with Crippen LogP contribution in [0.3, 0.4) is 0 Å². The highest BCUT2D eigenvalue weighted by Crippen LogP contribution is 2.16. The molecule has 0 radical (unpaired) electrons. The first kappa shape index (κ1) is 13.6. The van der Waals surface area contributed by atoms with Gasteiger partial charge in [-0.25, -0.2) is 0 Å². The quantitative estimate of drug-likeness (QED) is 0.815. The molecule has 5 nitrogen and oxygen atoms in total. The summed E-state index contributed by atoms with van der Waals surface area (Å²) in [6.45, 7) is 3.87. The van der Waals surface area contributed by atoms with Crippen LogP contribution in [0.2, 0.25) is 0 Å². The van der Waals surface area contributed by atoms with Crippen molar-refractivity contribution in [3.05, 3.63) is 66.5 Å². The van der Waals surface area contributed by atoms with Gasteiger partial charge in [0.25, 0.3) is 5.91 Å². The molecule has 2 N–H and O–H groups in total. The molecule has 0 saturated carbocycles. The highest BCUT2D eigenvalue weighted by molar-refractivity contribution is 5.94. The third-order valence-corrected chi connectivity index (χ3v) is 2.67. The number of rotatable bonds is 5. The number of carbonyl (C=O) groups is 1. The molecule has 5 heteroatoms. The standard InChI is InChI=1S/C15H15N3O2/c1-11(12-5-3-7-14(9-12)20-2)17-18-15(19)13-6-4-8-16-10-13/h3-10,17H,1H2,2H3,(H,18,19). The molecule has 1 heterocycles. The van der Waals surface area contributed by atoms with Crippen LogP contribution >= 0.6 is 0 Å². The highest BCUT2D eigenvalue weighted by Gasteiger charge is 2.05. The summed E-state index contributed by atoms with van der Waals surface area (Å²) in [7, 11) is 1.60. The lowest BCUT2D eigenvalue weighted by Gasteiger charge is -2.12. The van der Waals surface area contributed by atoms with Crippen LogP contribution in [0, 0.1) is 0 Å². The van der Waals surface area contributed by atoms with Gasteiger partial charge in [-0.2, -0.15) is 0 Å². The molecule has 1 amide bonds. The van der Waals surface area contributed by atoms with Crippen molar-refractivity contribution in [2.45, 2.75) is 0 Å². The first-order valence-corrected chi connectivity index (χ1v) is 6.00. The van der Waals surface area contributed by atoms with Gasteiger partial charge in [-0.3, -0.25) is 20.6 Å². The van der Waals surface area contributed by atoms with Gasteiger partial charge in [0.05, 0.1) is 18.4 Å². The number of hydrogen-bond acceptors (Lipinski definition) is 4. The smallest absolute Gasteiger partial charge is 0.271 e. The fourth-order valence-electron chi connectivity index (χ4n) is 1.58. The molecule has 2 rings (SSSR count). The Morgan fingerprint density at radius 3 is 2.70 bits per heavy atom. The molecule has 1 aromatic heterocycles. The summed E-state index contributed by atoms with van der Waals surface area (Å²) < 4.78 is 5.14. The van der Waals surface area contributed by atoms with Crippen LogP contribution in [0.1, 0.15) is 15.9 Å². The third-order valence-electron chi connectivity index (χ3n) is 2.67. The van der Waals surface area contributed by atoms with E-state index in [1.54, 1.807) is 25.4 Å². The van der Waals surface area contributed by atoms with E-state index in [2.05, 4.69) is 22.4 Å². The van der Waals surface area contributed by atoms with E-state index in [9.17, 15) is 4.79 Å². The number of carbonyl (C=O) groups excluding carboxylic acids is 1. The van der Waals surface area contributed by atoms with Gasteiger partial charge in [0.15, 0.2) is 0 Å². The number of hydrogen-bond donors (Lipinski definition) is 2. The van der Waals surface area contributed by atoms with Gasteiger partial charge in [0.2, 0.25) is 0 Å². The van der Waals surface area contributed by atoms with E-state index >= 15 is 0 Å². The number of benzene rings is 1. The van der Waals surface area contributed by atoms with Crippen LogP contribution in [0.25, 0.3) is 5.70 Å². The Kier molecular flexibility index (Phi) is 4.34. The Balaban J connectivity index is 1.97. The van der Waals surface area contributed by atoms with Crippen molar-refractivity contribution < 1.29 is 9.53 Å². The molecule has 0 bridgehead atoms. The van der Waals surface area contributed by atoms with Gasteiger partial charge >= 0.3 is 0 Å². The Hall–Kier alpha value is -2.82. The van der Waals surface area contributed by atoms with Crippen LogP contribution in [0.15, 0.2) is 55.4 Å². The van der Waals surface area contributed by atoms with Crippen molar-refractivity contribution in [1.82, 2.24) is 15.8 Å². The van der Waals surface area contributed by atoms with Crippen LogP contribution in [0.5, 0.6) is 5.75 Å². The summed E-state index contributed by atoms with van der Waals surface area (Å²) in [5.74, 6) is 0.450. The number of amides is 1. The van der Waals surface area contributed by atoms with Gasteiger partial charge in [-0.05, 0) is 24.3 Å². The van der Waals surface area contributed by atoms with E-state index in [1.807, 2.05) is 24.3 Å². The second kappa shape index (κ2) is 6.38. The van der Waals surface area contributed by atoms with Gasteiger partial charge in [-0.1, -0.05) is 18.7 Å². The second-order valence-electron chi connectivity index (χ2n) is 4.03. The lowest BCUT2D eigenvalue weighted by atomic mass is 10.2. The minimum Gasteiger partial charge on any atom is -0.497 e. The molecule has 0 atom stereocenters. The average molecular weight is 269 g/mol. The van der Waals surface area contributed by atoms with Crippen LogP contribution in [0.4, 0.5) is 0 Å². The zero-order valence-electron chi connectivity index (χ0n) is 11.1. The zero-order valence-corrected chi connectivity index (χ0v) is 11.1. The number of nitrogens with one attached hydrogen (secondary N) is 2. The molecule has 0 unspecified atom stereocenters. The molecule has 0 spiro atoms. The SMILES string of the molecule is C=C(NNC(=O)c1cccnc1)c1cccc(OC)c1. The van der Waals surface area contributed by atoms with E-state index in [0.29, 0.717) is 11.3 Å². The van der Waals surface area contributed by atoms with Crippen molar-refractivity contribution in [2.24, 2.45) is 0 Å². The molecule has 20 heavy (non-hydrogen) atoms. The maximum atomic E-state index is 11.8. The lowest BCUT2D eigenvalue weighted by Crippen LogP contribution is -2.35. The topological polar surface area (TPSA) is 63.2 Å². The van der Waals surface area contributed by atoms with Crippen LogP contribution < -0.4 is 15.6 Å². The van der Waals surface area contributed by atoms with Gasteiger partial charge in [0, 0.05) is 18.0 Å². The molecule has 0 fully saturated rings. The molecule has 102 valence electrons. The van der Waals surface area contributed by atoms with E-state index < -0.39 is 0 Å². The average Bonchev–Trinajstić information content (AvgIpc) is 2.53. The summed E-state index contributed by atoms with van der Waals surface area (Å²) in [6, 6.07) is 10.8. The van der Waals surface area contributed by atoms with E-state index in [4.69, 9.17) is 4.74 Å². The molecule has 0 aliphatic rings. The number of pyridine rings is 1. The Labute approximate surface area is 117 Å². The fraction of sp³-hybridized carbons (Fsp3) is 0.0667. The molecule has 2 aromatic rings. The summed E-state index contributed by atoms with van der Waals surface area (Å²) in [4.78, 5) is 15.7. The maximum Gasteiger partial charge on any atom is 0.271 e. The number of nitrogens with zero attached hydrogens (tertiary/aromatic N) is 1. The summed E-state index contributed by atoms with van der Waals surface area (Å²) in [5.41, 5.74) is 7.21. The Morgan fingerprint density at radius 1 is 1.20 bits per heavy atom. The molecule has 0 aliphatic carbocycles.